The van der Waals surface area contributed by atoms with E-state index in [9.17, 15) is 18.3 Å². The maximum absolute atomic E-state index is 13.3. The first kappa shape index (κ1) is 24.2. The number of alkyl halides is 3. The molecule has 0 aliphatic heterocycles. The molecular weight excluding hydrogens is 439 g/mol. The monoisotopic (exact) mass is 467 g/mol. The molecule has 6 nitrogen and oxygen atoms in total. The number of anilines is 2. The van der Waals surface area contributed by atoms with Crippen molar-refractivity contribution in [3.63, 3.8) is 0 Å². The summed E-state index contributed by atoms with van der Waals surface area (Å²) < 4.78 is 39.9. The third kappa shape index (κ3) is 4.96. The number of nitrogens with one attached hydrogen (secondary N) is 2. The van der Waals surface area contributed by atoms with Crippen LogP contribution in [-0.4, -0.2) is 32.2 Å². The molecule has 1 fully saturated rings. The van der Waals surface area contributed by atoms with Crippen molar-refractivity contribution in [3.8, 4) is 0 Å². The normalized spacial score (nSPS) is 23.2. The summed E-state index contributed by atoms with van der Waals surface area (Å²) in [7, 11) is 0. The number of benzene rings is 1. The third-order valence-electron chi connectivity index (χ3n) is 6.48. The molecule has 3 atom stereocenters. The molecule has 0 saturated heterocycles. The van der Waals surface area contributed by atoms with Gasteiger partial charge in [0, 0.05) is 18.7 Å². The van der Waals surface area contributed by atoms with Gasteiger partial charge in [-0.15, -0.1) is 0 Å². The second-order valence-electron chi connectivity index (χ2n) is 8.54. The summed E-state index contributed by atoms with van der Waals surface area (Å²) in [6.07, 6.45) is -2.76. The number of aromatic nitrogens is 2. The van der Waals surface area contributed by atoms with Crippen LogP contribution in [0.1, 0.15) is 49.1 Å². The minimum Gasteiger partial charge on any atom is -0.396 e. The van der Waals surface area contributed by atoms with Crippen molar-refractivity contribution in [1.29, 1.82) is 0 Å². The molecule has 0 bridgehead atoms. The Kier molecular flexibility index (Phi) is 6.94. The lowest BCUT2D eigenvalue weighted by molar-refractivity contribution is -0.138. The predicted molar refractivity (Wildman–Crippen MR) is 122 cm³/mol. The van der Waals surface area contributed by atoms with Gasteiger partial charge in [0.1, 0.15) is 10.8 Å². The van der Waals surface area contributed by atoms with Gasteiger partial charge in [-0.1, -0.05) is 37.3 Å². The molecule has 1 heterocycles. The van der Waals surface area contributed by atoms with Gasteiger partial charge in [-0.2, -0.15) is 18.2 Å². The summed E-state index contributed by atoms with van der Waals surface area (Å²) in [5, 5.41) is 16.0. The zero-order valence-corrected chi connectivity index (χ0v) is 19.1. The summed E-state index contributed by atoms with van der Waals surface area (Å²) in [5.74, 6) is 0.941. The molecule has 0 spiro atoms. The first-order chi connectivity index (χ1) is 15.0. The number of hydrogen-bond donors (Lipinski definition) is 4. The molecule has 2 aromatic rings. The van der Waals surface area contributed by atoms with Crippen molar-refractivity contribution in [2.75, 3.05) is 17.2 Å². The van der Waals surface area contributed by atoms with Crippen LogP contribution in [-0.2, 0) is 12.7 Å². The zero-order valence-electron chi connectivity index (χ0n) is 18.3. The Hall–Kier alpha value is -2.46. The number of aliphatic hydroxyl groups is 1. The van der Waals surface area contributed by atoms with Crippen LogP contribution in [0.3, 0.4) is 0 Å². The van der Waals surface area contributed by atoms with Crippen LogP contribution in [0.5, 0.6) is 0 Å². The lowest BCUT2D eigenvalue weighted by atomic mass is 9.86. The Morgan fingerprint density at radius 2 is 2.00 bits per heavy atom. The van der Waals surface area contributed by atoms with E-state index < -0.39 is 11.7 Å². The third-order valence-corrected chi connectivity index (χ3v) is 6.69. The second kappa shape index (κ2) is 9.19. The predicted octanol–water partition coefficient (Wildman–Crippen LogP) is 4.26. The molecule has 1 aromatic carbocycles. The first-order valence-electron chi connectivity index (χ1n) is 10.4. The Bertz CT molecular complexity index is 1000. The molecule has 1 aromatic heterocycles. The van der Waals surface area contributed by atoms with Crippen molar-refractivity contribution in [3.05, 3.63) is 46.6 Å². The van der Waals surface area contributed by atoms with E-state index in [0.29, 0.717) is 17.1 Å². The molecule has 174 valence electrons. The van der Waals surface area contributed by atoms with Crippen LogP contribution in [0, 0.1) is 18.8 Å². The van der Waals surface area contributed by atoms with Crippen molar-refractivity contribution in [1.82, 2.24) is 9.97 Å². The number of aryl methyl sites for hydroxylation is 1. The van der Waals surface area contributed by atoms with E-state index in [2.05, 4.69) is 34.4 Å². The van der Waals surface area contributed by atoms with E-state index in [1.54, 1.807) is 13.0 Å². The lowest BCUT2D eigenvalue weighted by Crippen LogP contribution is -2.40. The Labute approximate surface area is 190 Å². The molecule has 10 heteroatoms. The van der Waals surface area contributed by atoms with E-state index in [1.807, 2.05) is 0 Å². The molecule has 0 radical (unpaired) electrons. The SMILES string of the molecule is Cc1nc(NCc2ccccc2C(F)(F)F)nc(NC2(C)CCC(CO)C2C)c1C(N)=S. The van der Waals surface area contributed by atoms with Crippen LogP contribution < -0.4 is 16.4 Å². The van der Waals surface area contributed by atoms with E-state index >= 15 is 0 Å². The molecule has 3 rings (SSSR count). The smallest absolute Gasteiger partial charge is 0.396 e. The standard InChI is InChI=1S/C22H28F3N5OS/c1-12-15(11-31)8-9-21(12,3)30-19-17(18(26)32)13(2)28-20(29-19)27-10-14-6-4-5-7-16(14)22(23,24)25/h4-7,12,15,31H,8-11H2,1-3H3,(H2,26,32)(H2,27,28,29,30). The van der Waals surface area contributed by atoms with Gasteiger partial charge in [0.15, 0.2) is 0 Å². The summed E-state index contributed by atoms with van der Waals surface area (Å²) in [5.41, 5.74) is 5.99. The molecule has 1 aliphatic carbocycles. The van der Waals surface area contributed by atoms with Crippen LogP contribution in [0.4, 0.5) is 24.9 Å². The van der Waals surface area contributed by atoms with Gasteiger partial charge in [0.05, 0.1) is 16.8 Å². The lowest BCUT2D eigenvalue weighted by Gasteiger charge is -2.34. The van der Waals surface area contributed by atoms with Gasteiger partial charge in [0.25, 0.3) is 0 Å². The fraction of sp³-hybridized carbons (Fsp3) is 0.500. The van der Waals surface area contributed by atoms with Crippen molar-refractivity contribution < 1.29 is 18.3 Å². The maximum atomic E-state index is 13.3. The fourth-order valence-electron chi connectivity index (χ4n) is 4.34. The molecule has 1 aliphatic rings. The highest BCUT2D eigenvalue weighted by Crippen LogP contribution is 2.42. The maximum Gasteiger partial charge on any atom is 0.416 e. The number of nitrogens with zero attached hydrogens (tertiary/aromatic N) is 2. The summed E-state index contributed by atoms with van der Waals surface area (Å²) >= 11 is 5.20. The quantitative estimate of drug-likeness (QED) is 0.452. The first-order valence-corrected chi connectivity index (χ1v) is 10.8. The highest BCUT2D eigenvalue weighted by atomic mass is 32.1. The number of thiocarbonyl (C=S) groups is 1. The summed E-state index contributed by atoms with van der Waals surface area (Å²) in [6, 6.07) is 5.38. The number of rotatable bonds is 7. The molecule has 3 unspecified atom stereocenters. The molecule has 32 heavy (non-hydrogen) atoms. The fourth-order valence-corrected chi connectivity index (χ4v) is 4.59. The van der Waals surface area contributed by atoms with E-state index in [0.717, 1.165) is 18.9 Å². The van der Waals surface area contributed by atoms with Gasteiger partial charge in [0.2, 0.25) is 5.95 Å². The minimum absolute atomic E-state index is 0.0938. The number of nitrogens with two attached hydrogens (primary N) is 1. The van der Waals surface area contributed by atoms with Crippen LogP contribution >= 0.6 is 12.2 Å². The number of halogens is 3. The average Bonchev–Trinajstić information content (AvgIpc) is 2.99. The largest absolute Gasteiger partial charge is 0.416 e. The van der Waals surface area contributed by atoms with Gasteiger partial charge in [-0.05, 0) is 50.2 Å². The second-order valence-corrected chi connectivity index (χ2v) is 8.98. The Balaban J connectivity index is 1.90. The summed E-state index contributed by atoms with van der Waals surface area (Å²) in [6.45, 7) is 5.87. The molecule has 1 saturated carbocycles. The summed E-state index contributed by atoms with van der Waals surface area (Å²) in [4.78, 5) is 9.00. The van der Waals surface area contributed by atoms with Crippen LogP contribution in [0.25, 0.3) is 0 Å². The highest BCUT2D eigenvalue weighted by molar-refractivity contribution is 7.80. The highest BCUT2D eigenvalue weighted by Gasteiger charge is 2.42. The van der Waals surface area contributed by atoms with Gasteiger partial charge in [-0.3, -0.25) is 0 Å². The van der Waals surface area contributed by atoms with Crippen molar-refractivity contribution in [2.24, 2.45) is 17.6 Å². The van der Waals surface area contributed by atoms with Crippen molar-refractivity contribution in [2.45, 2.75) is 51.9 Å². The van der Waals surface area contributed by atoms with E-state index in [4.69, 9.17) is 18.0 Å². The topological polar surface area (TPSA) is 96.1 Å². The molecular formula is C22H28F3N5OS. The Morgan fingerprint density at radius 3 is 2.59 bits per heavy atom. The van der Waals surface area contributed by atoms with Gasteiger partial charge < -0.3 is 21.5 Å². The van der Waals surface area contributed by atoms with Gasteiger partial charge >= 0.3 is 6.18 Å². The molecule has 5 N–H and O–H groups in total. The zero-order chi connectivity index (χ0) is 23.7. The number of aliphatic hydroxyl groups excluding tert-OH is 1. The average molecular weight is 468 g/mol. The van der Waals surface area contributed by atoms with E-state index in [-0.39, 0.29) is 47.0 Å². The van der Waals surface area contributed by atoms with Crippen LogP contribution in [0.2, 0.25) is 0 Å². The van der Waals surface area contributed by atoms with Crippen LogP contribution in [0.15, 0.2) is 24.3 Å². The van der Waals surface area contributed by atoms with E-state index in [1.165, 1.54) is 12.1 Å². The molecule has 0 amide bonds. The Morgan fingerprint density at radius 1 is 1.31 bits per heavy atom. The van der Waals surface area contributed by atoms with Crippen molar-refractivity contribution >= 4 is 29.0 Å². The minimum atomic E-state index is -4.45. The van der Waals surface area contributed by atoms with Gasteiger partial charge in [-0.25, -0.2) is 4.98 Å². The number of hydrogen-bond acceptors (Lipinski definition) is 6.